The van der Waals surface area contributed by atoms with Crippen LogP contribution in [0.3, 0.4) is 0 Å². The first-order valence-corrected chi connectivity index (χ1v) is 11.6. The van der Waals surface area contributed by atoms with Gasteiger partial charge in [0.15, 0.2) is 0 Å². The standard InChI is InChI=1S/C25H36N2O3/c1-24(2,3)16-23(29)27-12-10-25(11-13-27)15-19(14-22(28)26-17-18-8-9-18)20-6-4-5-7-21(20)30-25/h4-7,18-19H,8-17H2,1-3H3,(H,26,28)/t19-/m1/s1. The Morgan fingerprint density at radius 1 is 1.17 bits per heavy atom. The fourth-order valence-electron chi connectivity index (χ4n) is 4.84. The molecule has 5 nitrogen and oxygen atoms in total. The predicted octanol–water partition coefficient (Wildman–Crippen LogP) is 4.27. The van der Waals surface area contributed by atoms with Crippen molar-refractivity contribution in [2.75, 3.05) is 19.6 Å². The summed E-state index contributed by atoms with van der Waals surface area (Å²) in [5.74, 6) is 2.17. The van der Waals surface area contributed by atoms with Gasteiger partial charge < -0.3 is 15.0 Å². The van der Waals surface area contributed by atoms with E-state index in [4.69, 9.17) is 4.74 Å². The molecule has 1 saturated heterocycles. The van der Waals surface area contributed by atoms with E-state index in [2.05, 4.69) is 32.2 Å². The third-order valence-corrected chi connectivity index (χ3v) is 6.73. The van der Waals surface area contributed by atoms with Gasteiger partial charge in [0.2, 0.25) is 11.8 Å². The van der Waals surface area contributed by atoms with E-state index < -0.39 is 0 Å². The molecule has 1 saturated carbocycles. The molecule has 2 heterocycles. The summed E-state index contributed by atoms with van der Waals surface area (Å²) in [7, 11) is 0. The zero-order valence-electron chi connectivity index (χ0n) is 18.7. The molecule has 2 fully saturated rings. The summed E-state index contributed by atoms with van der Waals surface area (Å²) in [6.45, 7) is 8.61. The van der Waals surface area contributed by atoms with Crippen LogP contribution in [-0.4, -0.2) is 41.9 Å². The first kappa shape index (κ1) is 21.2. The van der Waals surface area contributed by atoms with Crippen molar-refractivity contribution >= 4 is 11.8 Å². The minimum Gasteiger partial charge on any atom is -0.487 e. The van der Waals surface area contributed by atoms with Gasteiger partial charge in [-0.25, -0.2) is 0 Å². The Labute approximate surface area is 180 Å². The Bertz CT molecular complexity index is 786. The number of para-hydroxylation sites is 1. The summed E-state index contributed by atoms with van der Waals surface area (Å²) < 4.78 is 6.54. The van der Waals surface area contributed by atoms with E-state index in [9.17, 15) is 9.59 Å². The maximum atomic E-state index is 12.7. The number of ether oxygens (including phenoxy) is 1. The van der Waals surface area contributed by atoms with Crippen molar-refractivity contribution in [1.29, 1.82) is 0 Å². The molecular formula is C25H36N2O3. The molecule has 0 unspecified atom stereocenters. The van der Waals surface area contributed by atoms with E-state index in [-0.39, 0.29) is 28.7 Å². The Morgan fingerprint density at radius 2 is 1.87 bits per heavy atom. The number of nitrogens with one attached hydrogen (secondary N) is 1. The van der Waals surface area contributed by atoms with E-state index in [0.29, 0.717) is 18.8 Å². The second kappa shape index (κ2) is 8.24. The van der Waals surface area contributed by atoms with Gasteiger partial charge in [-0.2, -0.15) is 0 Å². The summed E-state index contributed by atoms with van der Waals surface area (Å²) in [5.41, 5.74) is 0.885. The number of likely N-dealkylation sites (tertiary alicyclic amines) is 1. The zero-order chi connectivity index (χ0) is 21.4. The van der Waals surface area contributed by atoms with E-state index in [1.807, 2.05) is 23.1 Å². The summed E-state index contributed by atoms with van der Waals surface area (Å²) in [5, 5.41) is 3.13. The van der Waals surface area contributed by atoms with Crippen molar-refractivity contribution in [1.82, 2.24) is 10.2 Å². The van der Waals surface area contributed by atoms with Gasteiger partial charge in [0.05, 0.1) is 0 Å². The smallest absolute Gasteiger partial charge is 0.223 e. The minimum atomic E-state index is -0.270. The molecule has 1 N–H and O–H groups in total. The van der Waals surface area contributed by atoms with Crippen molar-refractivity contribution in [2.24, 2.45) is 11.3 Å². The molecule has 4 rings (SSSR count). The van der Waals surface area contributed by atoms with Gasteiger partial charge >= 0.3 is 0 Å². The fourth-order valence-corrected chi connectivity index (χ4v) is 4.84. The number of amides is 2. The topological polar surface area (TPSA) is 58.6 Å². The lowest BCUT2D eigenvalue weighted by Crippen LogP contribution is -2.52. The molecule has 5 heteroatoms. The molecule has 0 radical (unpaired) electrons. The summed E-state index contributed by atoms with van der Waals surface area (Å²) in [4.78, 5) is 27.2. The highest BCUT2D eigenvalue weighted by Gasteiger charge is 2.44. The average Bonchev–Trinajstić information content (AvgIpc) is 3.50. The van der Waals surface area contributed by atoms with Gasteiger partial charge in [0.25, 0.3) is 0 Å². The second-order valence-electron chi connectivity index (χ2n) is 10.8. The van der Waals surface area contributed by atoms with E-state index in [1.54, 1.807) is 0 Å². The lowest BCUT2D eigenvalue weighted by Gasteiger charge is -2.47. The average molecular weight is 413 g/mol. The molecule has 2 aliphatic heterocycles. The Balaban J connectivity index is 1.42. The summed E-state index contributed by atoms with van der Waals surface area (Å²) in [6, 6.07) is 8.17. The first-order chi connectivity index (χ1) is 14.2. The number of carbonyl (C=O) groups is 2. The fraction of sp³-hybridized carbons (Fsp3) is 0.680. The monoisotopic (exact) mass is 412 g/mol. The van der Waals surface area contributed by atoms with Gasteiger partial charge in [0.1, 0.15) is 11.4 Å². The molecule has 1 aromatic rings. The largest absolute Gasteiger partial charge is 0.487 e. The third-order valence-electron chi connectivity index (χ3n) is 6.73. The van der Waals surface area contributed by atoms with E-state index in [0.717, 1.165) is 50.2 Å². The van der Waals surface area contributed by atoms with Crippen LogP contribution in [-0.2, 0) is 9.59 Å². The number of hydrogen-bond acceptors (Lipinski definition) is 3. The summed E-state index contributed by atoms with van der Waals surface area (Å²) in [6.07, 6.45) is 6.09. The van der Waals surface area contributed by atoms with Gasteiger partial charge in [-0.15, -0.1) is 0 Å². The maximum Gasteiger partial charge on any atom is 0.223 e. The van der Waals surface area contributed by atoms with Crippen molar-refractivity contribution in [3.8, 4) is 5.75 Å². The summed E-state index contributed by atoms with van der Waals surface area (Å²) >= 11 is 0. The SMILES string of the molecule is CC(C)(C)CC(=O)N1CCC2(CC1)C[C@@H](CC(=O)NCC1CC1)c1ccccc1O2. The molecule has 164 valence electrons. The zero-order valence-corrected chi connectivity index (χ0v) is 18.7. The molecule has 1 aliphatic carbocycles. The van der Waals surface area contributed by atoms with E-state index >= 15 is 0 Å². The maximum absolute atomic E-state index is 12.7. The molecule has 0 bridgehead atoms. The first-order valence-electron chi connectivity index (χ1n) is 11.6. The van der Waals surface area contributed by atoms with Crippen LogP contribution in [0.15, 0.2) is 24.3 Å². The Morgan fingerprint density at radius 3 is 2.53 bits per heavy atom. The highest BCUT2D eigenvalue weighted by atomic mass is 16.5. The van der Waals surface area contributed by atoms with Crippen LogP contribution in [0.1, 0.15) is 77.2 Å². The normalized spacial score (nSPS) is 22.9. The Hall–Kier alpha value is -2.04. The highest BCUT2D eigenvalue weighted by molar-refractivity contribution is 5.77. The molecule has 1 atom stereocenters. The van der Waals surface area contributed by atoms with Crippen LogP contribution in [0, 0.1) is 11.3 Å². The molecule has 2 amide bonds. The molecule has 1 aromatic carbocycles. The number of rotatable bonds is 5. The number of nitrogens with zero attached hydrogens (tertiary/aromatic N) is 1. The van der Waals surface area contributed by atoms with Crippen LogP contribution in [0.25, 0.3) is 0 Å². The number of benzene rings is 1. The van der Waals surface area contributed by atoms with Crippen molar-refractivity contribution < 1.29 is 14.3 Å². The van der Waals surface area contributed by atoms with Gasteiger partial charge in [0, 0.05) is 51.2 Å². The predicted molar refractivity (Wildman–Crippen MR) is 117 cm³/mol. The lowest BCUT2D eigenvalue weighted by molar-refractivity contribution is -0.137. The third kappa shape index (κ3) is 5.16. The van der Waals surface area contributed by atoms with Crippen molar-refractivity contribution in [2.45, 2.75) is 77.2 Å². The lowest BCUT2D eigenvalue weighted by atomic mass is 9.76. The van der Waals surface area contributed by atoms with Crippen LogP contribution in [0.2, 0.25) is 0 Å². The quantitative estimate of drug-likeness (QED) is 0.786. The Kier molecular flexibility index (Phi) is 5.82. The van der Waals surface area contributed by atoms with Crippen LogP contribution in [0.5, 0.6) is 5.75 Å². The minimum absolute atomic E-state index is 0.00538. The number of carbonyl (C=O) groups excluding carboxylic acids is 2. The number of fused-ring (bicyclic) bond motifs is 1. The van der Waals surface area contributed by atoms with E-state index in [1.165, 1.54) is 12.8 Å². The molecular weight excluding hydrogens is 376 g/mol. The molecule has 3 aliphatic rings. The van der Waals surface area contributed by atoms with Gasteiger partial charge in [-0.3, -0.25) is 9.59 Å². The van der Waals surface area contributed by atoms with Crippen LogP contribution < -0.4 is 10.1 Å². The van der Waals surface area contributed by atoms with Crippen molar-refractivity contribution in [3.05, 3.63) is 29.8 Å². The highest BCUT2D eigenvalue weighted by Crippen LogP contribution is 2.46. The van der Waals surface area contributed by atoms with Gasteiger partial charge in [-0.1, -0.05) is 39.0 Å². The molecule has 1 spiro atoms. The van der Waals surface area contributed by atoms with Gasteiger partial charge in [-0.05, 0) is 42.2 Å². The number of piperidine rings is 1. The second-order valence-corrected chi connectivity index (χ2v) is 10.8. The van der Waals surface area contributed by atoms with Crippen LogP contribution >= 0.6 is 0 Å². The van der Waals surface area contributed by atoms with Crippen molar-refractivity contribution in [3.63, 3.8) is 0 Å². The van der Waals surface area contributed by atoms with Crippen LogP contribution in [0.4, 0.5) is 0 Å². The number of hydrogen-bond donors (Lipinski definition) is 1. The molecule has 0 aromatic heterocycles. The molecule has 30 heavy (non-hydrogen) atoms.